The Labute approximate surface area is 124 Å². The van der Waals surface area contributed by atoms with Gasteiger partial charge in [0, 0.05) is 13.2 Å². The third-order valence-corrected chi connectivity index (χ3v) is 3.93. The maximum Gasteiger partial charge on any atom is 0.330 e. The molecule has 0 aliphatic carbocycles. The summed E-state index contributed by atoms with van der Waals surface area (Å²) >= 11 is 0. The van der Waals surface area contributed by atoms with Crippen LogP contribution in [0, 0.1) is 11.8 Å². The van der Waals surface area contributed by atoms with Crippen molar-refractivity contribution in [1.29, 1.82) is 0 Å². The van der Waals surface area contributed by atoms with Crippen LogP contribution in [0.25, 0.3) is 0 Å². The molecule has 0 aliphatic heterocycles. The van der Waals surface area contributed by atoms with Crippen LogP contribution in [0.3, 0.4) is 0 Å². The molecule has 3 heteroatoms. The van der Waals surface area contributed by atoms with E-state index in [2.05, 4.69) is 38.5 Å². The lowest BCUT2D eigenvalue weighted by molar-refractivity contribution is -0.134. The number of allylic oxidation sites excluding steroid dienone is 3. The van der Waals surface area contributed by atoms with E-state index in [0.717, 1.165) is 18.4 Å². The number of hydrogen-bond donors (Lipinski definition) is 0. The van der Waals surface area contributed by atoms with Gasteiger partial charge in [-0.3, -0.25) is 0 Å². The quantitative estimate of drug-likeness (QED) is 0.381. The molecule has 20 heavy (non-hydrogen) atoms. The van der Waals surface area contributed by atoms with Gasteiger partial charge in [-0.2, -0.15) is 0 Å². The molecule has 2 unspecified atom stereocenters. The lowest BCUT2D eigenvalue weighted by Gasteiger charge is -2.32. The third-order valence-electron chi connectivity index (χ3n) is 3.93. The highest BCUT2D eigenvalue weighted by molar-refractivity contribution is 5.83. The molecule has 0 N–H and O–H groups in total. The van der Waals surface area contributed by atoms with Crippen LogP contribution >= 0.6 is 0 Å². The van der Waals surface area contributed by atoms with Crippen molar-refractivity contribution >= 4 is 5.97 Å². The maximum absolute atomic E-state index is 11.1. The molecule has 0 radical (unpaired) electrons. The molecule has 0 amide bonds. The molecular weight excluding hydrogens is 252 g/mol. The lowest BCUT2D eigenvalue weighted by Crippen LogP contribution is -2.32. The summed E-state index contributed by atoms with van der Waals surface area (Å²) in [6, 6.07) is 0. The Morgan fingerprint density at radius 3 is 2.35 bits per heavy atom. The van der Waals surface area contributed by atoms with Crippen molar-refractivity contribution in [2.75, 3.05) is 14.2 Å². The van der Waals surface area contributed by atoms with Crippen LogP contribution in [0.15, 0.2) is 23.8 Å². The fourth-order valence-corrected chi connectivity index (χ4v) is 1.96. The van der Waals surface area contributed by atoms with Gasteiger partial charge in [0.1, 0.15) is 0 Å². The van der Waals surface area contributed by atoms with Gasteiger partial charge in [-0.25, -0.2) is 4.79 Å². The Hall–Kier alpha value is -1.09. The van der Waals surface area contributed by atoms with Crippen LogP contribution in [-0.2, 0) is 14.3 Å². The highest BCUT2D eigenvalue weighted by Gasteiger charge is 2.26. The van der Waals surface area contributed by atoms with Crippen LogP contribution in [0.4, 0.5) is 0 Å². The van der Waals surface area contributed by atoms with Gasteiger partial charge < -0.3 is 9.47 Å². The van der Waals surface area contributed by atoms with Crippen molar-refractivity contribution in [3.63, 3.8) is 0 Å². The van der Waals surface area contributed by atoms with Crippen molar-refractivity contribution in [1.82, 2.24) is 0 Å². The molecule has 0 spiro atoms. The third kappa shape index (κ3) is 7.49. The van der Waals surface area contributed by atoms with E-state index in [1.54, 1.807) is 7.11 Å². The molecule has 0 aromatic rings. The summed E-state index contributed by atoms with van der Waals surface area (Å²) in [5.74, 6) is 0.778. The van der Waals surface area contributed by atoms with Crippen LogP contribution in [-0.4, -0.2) is 25.8 Å². The number of carbonyl (C=O) groups excluding carboxylic acids is 1. The fraction of sp³-hybridized carbons (Fsp3) is 0.706. The van der Waals surface area contributed by atoms with E-state index in [1.165, 1.54) is 13.2 Å². The number of ether oxygens (including phenoxy) is 2. The average Bonchev–Trinajstić information content (AvgIpc) is 2.38. The minimum absolute atomic E-state index is 0.0846. The van der Waals surface area contributed by atoms with Gasteiger partial charge in [-0.15, -0.1) is 0 Å². The Bertz CT molecular complexity index is 353. The molecule has 3 nitrogen and oxygen atoms in total. The van der Waals surface area contributed by atoms with Gasteiger partial charge in [0.25, 0.3) is 0 Å². The van der Waals surface area contributed by atoms with E-state index in [-0.39, 0.29) is 11.6 Å². The smallest absolute Gasteiger partial charge is 0.330 e. The standard InChI is InChI=1S/C17H30O3/c1-13(11-15(3)17(4,5)20-7)9-8-10-14(2)12-16(18)19-6/h8,10,12-13,15H,9,11H2,1-7H3/b10-8+,14-12+. The zero-order valence-electron chi connectivity index (χ0n) is 14.0. The molecule has 0 heterocycles. The summed E-state index contributed by atoms with van der Waals surface area (Å²) in [5, 5.41) is 0. The van der Waals surface area contributed by atoms with Gasteiger partial charge in [-0.1, -0.05) is 26.0 Å². The van der Waals surface area contributed by atoms with E-state index in [4.69, 9.17) is 4.74 Å². The first-order valence-corrected chi connectivity index (χ1v) is 7.20. The molecule has 2 atom stereocenters. The lowest BCUT2D eigenvalue weighted by atomic mass is 9.84. The SMILES string of the molecule is COC(=O)/C=C(C)/C=C/CC(C)CC(C)C(C)(C)OC. The van der Waals surface area contributed by atoms with Gasteiger partial charge in [0.2, 0.25) is 0 Å². The number of methoxy groups -OCH3 is 2. The Kier molecular flexibility index (Phi) is 8.47. The van der Waals surface area contributed by atoms with Crippen LogP contribution in [0.2, 0.25) is 0 Å². The molecule has 0 aromatic heterocycles. The van der Waals surface area contributed by atoms with Gasteiger partial charge in [-0.05, 0) is 51.0 Å². The van der Waals surface area contributed by atoms with E-state index in [9.17, 15) is 4.79 Å². The average molecular weight is 282 g/mol. The monoisotopic (exact) mass is 282 g/mol. The number of esters is 1. The predicted molar refractivity (Wildman–Crippen MR) is 83.6 cm³/mol. The van der Waals surface area contributed by atoms with Crippen LogP contribution < -0.4 is 0 Å². The van der Waals surface area contributed by atoms with Crippen molar-refractivity contribution in [3.05, 3.63) is 23.8 Å². The van der Waals surface area contributed by atoms with Gasteiger partial charge >= 0.3 is 5.97 Å². The van der Waals surface area contributed by atoms with Crippen LogP contribution in [0.1, 0.15) is 47.5 Å². The first kappa shape index (κ1) is 18.9. The normalized spacial score (nSPS) is 16.2. The highest BCUT2D eigenvalue weighted by Crippen LogP contribution is 2.27. The maximum atomic E-state index is 11.1. The molecule has 0 rings (SSSR count). The highest BCUT2D eigenvalue weighted by atomic mass is 16.5. The van der Waals surface area contributed by atoms with Crippen LogP contribution in [0.5, 0.6) is 0 Å². The first-order chi connectivity index (χ1) is 9.22. The minimum Gasteiger partial charge on any atom is -0.466 e. The van der Waals surface area contributed by atoms with E-state index >= 15 is 0 Å². The van der Waals surface area contributed by atoms with Crippen molar-refractivity contribution in [2.45, 2.75) is 53.1 Å². The summed E-state index contributed by atoms with van der Waals surface area (Å²) in [6.07, 6.45) is 7.70. The molecule has 0 aromatic carbocycles. The second kappa shape index (κ2) is 8.96. The van der Waals surface area contributed by atoms with Gasteiger partial charge in [0.15, 0.2) is 0 Å². The molecule has 0 saturated heterocycles. The van der Waals surface area contributed by atoms with Crippen molar-refractivity contribution < 1.29 is 14.3 Å². The second-order valence-corrected chi connectivity index (χ2v) is 6.10. The topological polar surface area (TPSA) is 35.5 Å². The fourth-order valence-electron chi connectivity index (χ4n) is 1.96. The predicted octanol–water partition coefficient (Wildman–Crippen LogP) is 4.14. The summed E-state index contributed by atoms with van der Waals surface area (Å²) in [6.45, 7) is 10.6. The van der Waals surface area contributed by atoms with Crippen molar-refractivity contribution in [3.8, 4) is 0 Å². The summed E-state index contributed by atoms with van der Waals surface area (Å²) in [5.41, 5.74) is 0.827. The minimum atomic E-state index is -0.310. The van der Waals surface area contributed by atoms with E-state index in [0.29, 0.717) is 11.8 Å². The van der Waals surface area contributed by atoms with E-state index < -0.39 is 0 Å². The molecule has 0 aliphatic rings. The summed E-state index contributed by atoms with van der Waals surface area (Å²) < 4.78 is 10.1. The van der Waals surface area contributed by atoms with E-state index in [1.807, 2.05) is 13.0 Å². The first-order valence-electron chi connectivity index (χ1n) is 7.20. The molecule has 116 valence electrons. The zero-order chi connectivity index (χ0) is 15.8. The molecule has 0 saturated carbocycles. The molecule has 0 bridgehead atoms. The largest absolute Gasteiger partial charge is 0.466 e. The summed E-state index contributed by atoms with van der Waals surface area (Å²) in [4.78, 5) is 11.1. The molecular formula is C17H30O3. The number of hydrogen-bond acceptors (Lipinski definition) is 3. The van der Waals surface area contributed by atoms with Crippen molar-refractivity contribution in [2.24, 2.45) is 11.8 Å². The number of carbonyl (C=O) groups is 1. The Morgan fingerprint density at radius 1 is 1.25 bits per heavy atom. The zero-order valence-corrected chi connectivity index (χ0v) is 14.0. The number of rotatable bonds is 8. The summed E-state index contributed by atoms with van der Waals surface area (Å²) in [7, 11) is 3.15. The Balaban J connectivity index is 4.26. The molecule has 0 fully saturated rings. The second-order valence-electron chi connectivity index (χ2n) is 6.10. The Morgan fingerprint density at radius 2 is 1.85 bits per heavy atom. The van der Waals surface area contributed by atoms with Gasteiger partial charge in [0.05, 0.1) is 12.7 Å².